The number of benzene rings is 1. The number of rotatable bonds is 5. The highest BCUT2D eigenvalue weighted by molar-refractivity contribution is 6.11. The molecule has 2 fully saturated rings. The Balaban J connectivity index is 1.97. The van der Waals surface area contributed by atoms with Crippen LogP contribution in [0.2, 0.25) is 0 Å². The summed E-state index contributed by atoms with van der Waals surface area (Å²) in [6, 6.07) is 7.92. The first kappa shape index (κ1) is 19.2. The van der Waals surface area contributed by atoms with Gasteiger partial charge in [-0.25, -0.2) is 0 Å². The molecule has 28 heavy (non-hydrogen) atoms. The summed E-state index contributed by atoms with van der Waals surface area (Å²) in [5.41, 5.74) is 0.724. The van der Waals surface area contributed by atoms with Crippen LogP contribution in [0, 0.1) is 5.41 Å². The molecule has 0 saturated carbocycles. The number of nitrogens with one attached hydrogen (secondary N) is 1. The van der Waals surface area contributed by atoms with Crippen LogP contribution >= 0.6 is 0 Å². The maximum absolute atomic E-state index is 13.6. The predicted molar refractivity (Wildman–Crippen MR) is 109 cm³/mol. The van der Waals surface area contributed by atoms with Gasteiger partial charge in [0, 0.05) is 23.8 Å². The van der Waals surface area contributed by atoms with Crippen LogP contribution in [-0.2, 0) is 19.9 Å². The maximum Gasteiger partial charge on any atom is 0.318 e. The minimum Gasteiger partial charge on any atom is -0.465 e. The van der Waals surface area contributed by atoms with E-state index < -0.39 is 11.0 Å². The molecule has 0 bridgehead atoms. The van der Waals surface area contributed by atoms with Gasteiger partial charge in [-0.3, -0.25) is 14.5 Å². The number of unbranched alkanes of at least 4 members (excludes halogenated alkanes) is 2. The lowest BCUT2D eigenvalue weighted by Crippen LogP contribution is -2.58. The number of amides is 1. The fourth-order valence-electron chi connectivity index (χ4n) is 5.69. The van der Waals surface area contributed by atoms with Gasteiger partial charge in [0.15, 0.2) is 0 Å². The van der Waals surface area contributed by atoms with Crippen molar-refractivity contribution in [1.82, 2.24) is 4.90 Å². The van der Waals surface area contributed by atoms with Crippen molar-refractivity contribution < 1.29 is 14.3 Å². The molecular formula is C23H30N2O3. The van der Waals surface area contributed by atoms with E-state index in [1.54, 1.807) is 0 Å². The van der Waals surface area contributed by atoms with Crippen molar-refractivity contribution in [3.8, 4) is 0 Å². The first-order valence-corrected chi connectivity index (χ1v) is 10.6. The van der Waals surface area contributed by atoms with Crippen LogP contribution < -0.4 is 5.32 Å². The summed E-state index contributed by atoms with van der Waals surface area (Å²) in [7, 11) is 0. The van der Waals surface area contributed by atoms with Crippen LogP contribution in [0.15, 0.2) is 35.9 Å². The Labute approximate surface area is 167 Å². The number of anilines is 1. The Morgan fingerprint density at radius 2 is 2.14 bits per heavy atom. The van der Waals surface area contributed by atoms with E-state index >= 15 is 0 Å². The Hall–Kier alpha value is -2.14. The summed E-state index contributed by atoms with van der Waals surface area (Å²) >= 11 is 0. The third-order valence-corrected chi connectivity index (χ3v) is 6.84. The lowest BCUT2D eigenvalue weighted by Gasteiger charge is -2.41. The van der Waals surface area contributed by atoms with Crippen molar-refractivity contribution in [2.45, 2.75) is 64.5 Å². The normalized spacial score (nSPS) is 32.6. The number of carbonyl (C=O) groups is 2. The van der Waals surface area contributed by atoms with Gasteiger partial charge in [0.1, 0.15) is 11.0 Å². The van der Waals surface area contributed by atoms with Gasteiger partial charge in [0.2, 0.25) is 0 Å². The molecule has 1 amide bonds. The molecule has 0 aliphatic carbocycles. The summed E-state index contributed by atoms with van der Waals surface area (Å²) in [6.45, 7) is 7.05. The van der Waals surface area contributed by atoms with Gasteiger partial charge in [0.25, 0.3) is 5.91 Å². The fraction of sp³-hybridized carbons (Fsp3) is 0.565. The number of hydrogen-bond acceptors (Lipinski definition) is 4. The van der Waals surface area contributed by atoms with Gasteiger partial charge in [-0.05, 0) is 44.7 Å². The van der Waals surface area contributed by atoms with Gasteiger partial charge in [0.05, 0.1) is 6.61 Å². The minimum atomic E-state index is -1.03. The summed E-state index contributed by atoms with van der Waals surface area (Å²) in [6.07, 6.45) is 7.33. The zero-order valence-corrected chi connectivity index (χ0v) is 17.1. The Morgan fingerprint density at radius 3 is 2.89 bits per heavy atom. The number of allylic oxidation sites excluding steroid dienone is 1. The molecule has 1 aromatic rings. The summed E-state index contributed by atoms with van der Waals surface area (Å²) in [5.74, 6) is -0.394. The molecule has 1 spiro atoms. The Bertz CT molecular complexity index is 833. The van der Waals surface area contributed by atoms with E-state index in [9.17, 15) is 9.59 Å². The molecule has 4 rings (SSSR count). The summed E-state index contributed by atoms with van der Waals surface area (Å²) in [5, 5.41) is 3.07. The molecule has 3 atom stereocenters. The van der Waals surface area contributed by atoms with Crippen molar-refractivity contribution in [2.24, 2.45) is 5.41 Å². The molecule has 5 heteroatoms. The van der Waals surface area contributed by atoms with E-state index in [0.717, 1.165) is 55.5 Å². The van der Waals surface area contributed by atoms with Crippen LogP contribution in [0.4, 0.5) is 5.69 Å². The molecule has 3 heterocycles. The van der Waals surface area contributed by atoms with Crippen molar-refractivity contribution in [2.75, 3.05) is 18.5 Å². The quantitative estimate of drug-likeness (QED) is 0.475. The average Bonchev–Trinajstić information content (AvgIpc) is 3.32. The van der Waals surface area contributed by atoms with E-state index in [1.165, 1.54) is 0 Å². The zero-order chi connectivity index (χ0) is 19.9. The second-order valence-corrected chi connectivity index (χ2v) is 8.21. The SMILES string of the molecule is CCCC/C=C1/[C@H]2CCCN2[C@]2(C(=O)Nc3ccccc32)[C@@]1(C)C(=O)OCC. The third kappa shape index (κ3) is 2.29. The monoisotopic (exact) mass is 382 g/mol. The lowest BCUT2D eigenvalue weighted by atomic mass is 9.64. The number of fused-ring (bicyclic) bond motifs is 4. The number of nitrogens with zero attached hydrogens (tertiary/aromatic N) is 1. The molecule has 3 aliphatic heterocycles. The van der Waals surface area contributed by atoms with Gasteiger partial charge in [-0.2, -0.15) is 0 Å². The molecule has 2 saturated heterocycles. The molecule has 150 valence electrons. The second-order valence-electron chi connectivity index (χ2n) is 8.21. The molecule has 1 N–H and O–H groups in total. The van der Waals surface area contributed by atoms with E-state index in [1.807, 2.05) is 38.1 Å². The molecule has 5 nitrogen and oxygen atoms in total. The number of para-hydroxylation sites is 1. The summed E-state index contributed by atoms with van der Waals surface area (Å²) < 4.78 is 5.59. The van der Waals surface area contributed by atoms with Gasteiger partial charge in [-0.15, -0.1) is 0 Å². The predicted octanol–water partition coefficient (Wildman–Crippen LogP) is 4.00. The largest absolute Gasteiger partial charge is 0.465 e. The molecule has 0 aromatic heterocycles. The smallest absolute Gasteiger partial charge is 0.318 e. The third-order valence-electron chi connectivity index (χ3n) is 6.84. The number of esters is 1. The van der Waals surface area contributed by atoms with E-state index in [2.05, 4.69) is 23.2 Å². The first-order chi connectivity index (χ1) is 13.5. The topological polar surface area (TPSA) is 58.6 Å². The van der Waals surface area contributed by atoms with Crippen LogP contribution in [0.25, 0.3) is 0 Å². The Morgan fingerprint density at radius 1 is 1.36 bits per heavy atom. The number of ether oxygens (including phenoxy) is 1. The van der Waals surface area contributed by atoms with Crippen LogP contribution in [-0.4, -0.2) is 36.0 Å². The highest BCUT2D eigenvalue weighted by Crippen LogP contribution is 2.64. The van der Waals surface area contributed by atoms with Crippen molar-refractivity contribution >= 4 is 17.6 Å². The van der Waals surface area contributed by atoms with Crippen molar-refractivity contribution in [1.29, 1.82) is 0 Å². The van der Waals surface area contributed by atoms with Crippen LogP contribution in [0.1, 0.15) is 58.4 Å². The number of carbonyl (C=O) groups excluding carboxylic acids is 2. The fourth-order valence-corrected chi connectivity index (χ4v) is 5.69. The van der Waals surface area contributed by atoms with Gasteiger partial charge in [-0.1, -0.05) is 44.0 Å². The molecule has 0 unspecified atom stereocenters. The second kappa shape index (κ2) is 7.03. The minimum absolute atomic E-state index is 0.102. The molecule has 3 aliphatic rings. The molecule has 1 aromatic carbocycles. The Kier molecular flexibility index (Phi) is 4.82. The molecular weight excluding hydrogens is 352 g/mol. The van der Waals surface area contributed by atoms with Crippen molar-refractivity contribution in [3.05, 3.63) is 41.5 Å². The standard InChI is InChI=1S/C23H30N2O3/c1-4-6-7-12-17-19-14-10-15-25(19)23(22(17,3)21(27)28-5-2)16-11-8-9-13-18(16)24-20(23)26/h8-9,11-13,19H,4-7,10,14-15H2,1-3H3,(H,24,26)/b17-12-/t19-,22-,23-/m1/s1. The zero-order valence-electron chi connectivity index (χ0n) is 17.1. The number of hydrogen-bond donors (Lipinski definition) is 1. The molecule has 0 radical (unpaired) electrons. The van der Waals surface area contributed by atoms with Crippen molar-refractivity contribution in [3.63, 3.8) is 0 Å². The average molecular weight is 383 g/mol. The van der Waals surface area contributed by atoms with E-state index in [0.29, 0.717) is 6.61 Å². The highest BCUT2D eigenvalue weighted by atomic mass is 16.5. The summed E-state index contributed by atoms with van der Waals surface area (Å²) in [4.78, 5) is 29.4. The van der Waals surface area contributed by atoms with E-state index in [-0.39, 0.29) is 17.9 Å². The van der Waals surface area contributed by atoms with E-state index in [4.69, 9.17) is 4.74 Å². The van der Waals surface area contributed by atoms with Crippen LogP contribution in [0.3, 0.4) is 0 Å². The van der Waals surface area contributed by atoms with Gasteiger partial charge < -0.3 is 10.1 Å². The maximum atomic E-state index is 13.6. The lowest BCUT2D eigenvalue weighted by molar-refractivity contribution is -0.161. The van der Waals surface area contributed by atoms with Crippen LogP contribution in [0.5, 0.6) is 0 Å². The first-order valence-electron chi connectivity index (χ1n) is 10.6. The van der Waals surface area contributed by atoms with Gasteiger partial charge >= 0.3 is 5.97 Å². The highest BCUT2D eigenvalue weighted by Gasteiger charge is 2.74.